The normalized spacial score (nSPS) is 12.9. The Kier molecular flexibility index (Phi) is 5.42. The summed E-state index contributed by atoms with van der Waals surface area (Å²) in [6, 6.07) is 11.7. The maximum atomic E-state index is 13.3. The van der Waals surface area contributed by atoms with Crippen molar-refractivity contribution in [2.75, 3.05) is 0 Å². The summed E-state index contributed by atoms with van der Waals surface area (Å²) in [6.07, 6.45) is -9.93. The summed E-state index contributed by atoms with van der Waals surface area (Å²) in [5.41, 5.74) is -0.963. The van der Waals surface area contributed by atoms with Gasteiger partial charge in [0.25, 0.3) is 0 Å². The number of amides is 1. The quantitative estimate of drug-likeness (QED) is 0.286. The van der Waals surface area contributed by atoms with Gasteiger partial charge in [-0.15, -0.1) is 0 Å². The number of halogens is 6. The molecule has 0 bridgehead atoms. The van der Waals surface area contributed by atoms with Crippen LogP contribution in [-0.4, -0.2) is 23.2 Å². The van der Waals surface area contributed by atoms with Gasteiger partial charge in [0.1, 0.15) is 11.3 Å². The van der Waals surface area contributed by atoms with E-state index in [0.29, 0.717) is 6.07 Å². The number of hydrogen-bond donors (Lipinski definition) is 1. The lowest BCUT2D eigenvalue weighted by molar-refractivity contribution is -0.169. The highest BCUT2D eigenvalue weighted by Crippen LogP contribution is 2.42. The number of fused-ring (bicyclic) bond motifs is 2. The minimum atomic E-state index is -5.22. The number of benzene rings is 3. The third kappa shape index (κ3) is 4.24. The van der Waals surface area contributed by atoms with Crippen molar-refractivity contribution in [3.05, 3.63) is 77.1 Å². The molecule has 1 heterocycles. The zero-order valence-corrected chi connectivity index (χ0v) is 16.7. The highest BCUT2D eigenvalue weighted by Gasteiger charge is 2.38. The molecule has 0 spiro atoms. The fourth-order valence-corrected chi connectivity index (χ4v) is 3.48. The summed E-state index contributed by atoms with van der Waals surface area (Å²) in [5, 5.41) is 9.31. The van der Waals surface area contributed by atoms with E-state index in [9.17, 15) is 41.0 Å². The molecule has 34 heavy (non-hydrogen) atoms. The molecule has 4 rings (SSSR count). The average Bonchev–Trinajstić information content (AvgIpc) is 2.75. The molecular formula is C23H11F6NO4. The molecule has 0 atom stereocenters. The van der Waals surface area contributed by atoms with Crippen LogP contribution < -0.4 is 5.36 Å². The van der Waals surface area contributed by atoms with Gasteiger partial charge in [0.2, 0.25) is 0 Å². The number of carboxylic acid groups (broad SMARTS) is 1. The van der Waals surface area contributed by atoms with Crippen LogP contribution in [0.1, 0.15) is 15.9 Å². The lowest BCUT2D eigenvalue weighted by Crippen LogP contribution is -2.23. The number of rotatable bonds is 2. The van der Waals surface area contributed by atoms with Gasteiger partial charge in [0, 0.05) is 22.6 Å². The largest absolute Gasteiger partial charge is 0.478 e. The van der Waals surface area contributed by atoms with Gasteiger partial charge in [-0.1, -0.05) is 18.2 Å². The molecule has 0 unspecified atom stereocenters. The standard InChI is InChI=1S/C23H11F6NO4/c24-22(25,26)11-5-7-15-17(9-11)34-18-10-12(30-21(33)23(27,28)29)6-8-16(18)19(15)13-3-1-2-4-14(13)20(31)32/h1-10H,(H,31,32). The Labute approximate surface area is 185 Å². The molecule has 0 aromatic heterocycles. The summed E-state index contributed by atoms with van der Waals surface area (Å²) in [6.45, 7) is 0. The predicted octanol–water partition coefficient (Wildman–Crippen LogP) is 5.91. The van der Waals surface area contributed by atoms with Crippen LogP contribution in [0, 0.1) is 0 Å². The molecule has 5 nitrogen and oxygen atoms in total. The second-order valence-electron chi connectivity index (χ2n) is 7.13. The molecule has 1 N–H and O–H groups in total. The third-order valence-electron chi connectivity index (χ3n) is 4.93. The first-order valence-corrected chi connectivity index (χ1v) is 9.42. The van der Waals surface area contributed by atoms with E-state index in [2.05, 4.69) is 4.99 Å². The van der Waals surface area contributed by atoms with Gasteiger partial charge in [-0.05, 0) is 42.0 Å². The first-order chi connectivity index (χ1) is 15.9. The Bertz CT molecular complexity index is 1480. The van der Waals surface area contributed by atoms with Crippen molar-refractivity contribution < 1.29 is 45.5 Å². The Morgan fingerprint density at radius 3 is 2.21 bits per heavy atom. The summed E-state index contributed by atoms with van der Waals surface area (Å²) < 4.78 is 83.1. The smallest absolute Gasteiger partial charge is 0.473 e. The predicted molar refractivity (Wildman–Crippen MR) is 107 cm³/mol. The van der Waals surface area contributed by atoms with Gasteiger partial charge in [0.15, 0.2) is 0 Å². The summed E-state index contributed by atoms with van der Waals surface area (Å²) in [4.78, 5) is 26.0. The maximum absolute atomic E-state index is 13.3. The van der Waals surface area contributed by atoms with Crippen LogP contribution in [-0.2, 0) is 11.0 Å². The van der Waals surface area contributed by atoms with Gasteiger partial charge in [-0.2, -0.15) is 26.3 Å². The van der Waals surface area contributed by atoms with Crippen molar-refractivity contribution in [2.45, 2.75) is 12.4 Å². The van der Waals surface area contributed by atoms with Crippen molar-refractivity contribution in [3.8, 4) is 22.5 Å². The lowest BCUT2D eigenvalue weighted by Gasteiger charge is -2.17. The van der Waals surface area contributed by atoms with Crippen LogP contribution in [0.25, 0.3) is 33.4 Å². The van der Waals surface area contributed by atoms with E-state index in [0.717, 1.165) is 24.3 Å². The molecule has 1 aliphatic carbocycles. The summed E-state index contributed by atoms with van der Waals surface area (Å²) >= 11 is 0. The van der Waals surface area contributed by atoms with Crippen LogP contribution >= 0.6 is 0 Å². The van der Waals surface area contributed by atoms with Crippen LogP contribution in [0.5, 0.6) is 0 Å². The molecule has 0 saturated carbocycles. The van der Waals surface area contributed by atoms with Gasteiger partial charge in [0.05, 0.1) is 16.5 Å². The van der Waals surface area contributed by atoms with Crippen molar-refractivity contribution >= 4 is 22.8 Å². The minimum absolute atomic E-state index is 0.144. The number of carboxylic acids is 1. The fourth-order valence-electron chi connectivity index (χ4n) is 3.48. The van der Waals surface area contributed by atoms with E-state index in [-0.39, 0.29) is 39.0 Å². The second-order valence-corrected chi connectivity index (χ2v) is 7.13. The zero-order valence-electron chi connectivity index (χ0n) is 16.7. The fraction of sp³-hybridized carbons (Fsp3) is 0.0870. The number of carbonyl (C=O) groups excluding carboxylic acids is 1. The number of nitrogens with zero attached hydrogens (tertiary/aromatic N) is 1. The Morgan fingerprint density at radius 1 is 0.853 bits per heavy atom. The average molecular weight is 479 g/mol. The molecule has 2 aromatic carbocycles. The lowest BCUT2D eigenvalue weighted by atomic mass is 9.90. The second kappa shape index (κ2) is 8.01. The van der Waals surface area contributed by atoms with Gasteiger partial charge in [-0.3, -0.25) is 4.79 Å². The van der Waals surface area contributed by atoms with E-state index in [1.165, 1.54) is 30.3 Å². The molecule has 0 fully saturated rings. The molecule has 0 radical (unpaired) electrons. The van der Waals surface area contributed by atoms with Crippen molar-refractivity contribution in [2.24, 2.45) is 4.99 Å². The molecule has 1 amide bonds. The number of hydrogen-bond acceptors (Lipinski definition) is 3. The van der Waals surface area contributed by atoms with Gasteiger partial charge >= 0.3 is 24.2 Å². The summed E-state index contributed by atoms with van der Waals surface area (Å²) in [7, 11) is 0. The van der Waals surface area contributed by atoms with E-state index in [1.807, 2.05) is 0 Å². The Morgan fingerprint density at radius 2 is 1.56 bits per heavy atom. The van der Waals surface area contributed by atoms with Gasteiger partial charge < -0.3 is 9.52 Å². The molecular weight excluding hydrogens is 468 g/mol. The minimum Gasteiger partial charge on any atom is -0.478 e. The van der Waals surface area contributed by atoms with Crippen molar-refractivity contribution in [1.82, 2.24) is 0 Å². The van der Waals surface area contributed by atoms with E-state index < -0.39 is 35.1 Å². The van der Waals surface area contributed by atoms with E-state index >= 15 is 0 Å². The molecule has 2 aliphatic rings. The molecule has 174 valence electrons. The molecule has 1 aliphatic heterocycles. The highest BCUT2D eigenvalue weighted by molar-refractivity contribution is 6.07. The Hall–Kier alpha value is -4.15. The number of alkyl halides is 6. The monoisotopic (exact) mass is 479 g/mol. The first kappa shape index (κ1) is 23.0. The van der Waals surface area contributed by atoms with Crippen LogP contribution in [0.15, 0.2) is 70.1 Å². The topological polar surface area (TPSA) is 79.9 Å². The number of aromatic carboxylic acids is 1. The third-order valence-corrected chi connectivity index (χ3v) is 4.93. The first-order valence-electron chi connectivity index (χ1n) is 9.42. The molecule has 0 saturated heterocycles. The van der Waals surface area contributed by atoms with Crippen LogP contribution in [0.2, 0.25) is 0 Å². The van der Waals surface area contributed by atoms with Crippen LogP contribution in [0.3, 0.4) is 0 Å². The maximum Gasteiger partial charge on any atom is 0.473 e. The summed E-state index contributed by atoms with van der Waals surface area (Å²) in [5.74, 6) is -3.87. The molecule has 11 heteroatoms. The van der Waals surface area contributed by atoms with Crippen LogP contribution in [0.4, 0.5) is 26.3 Å². The van der Waals surface area contributed by atoms with E-state index in [4.69, 9.17) is 4.42 Å². The number of carbonyl (C=O) groups is 2. The highest BCUT2D eigenvalue weighted by atomic mass is 19.4. The molecule has 2 aromatic rings. The van der Waals surface area contributed by atoms with Crippen molar-refractivity contribution in [3.63, 3.8) is 0 Å². The van der Waals surface area contributed by atoms with Gasteiger partial charge in [-0.25, -0.2) is 9.79 Å². The Balaban J connectivity index is 2.11. The van der Waals surface area contributed by atoms with E-state index in [1.54, 1.807) is 0 Å². The SMILES string of the molecule is O=C(O)c1ccccc1-c1c2ccc(=NC(=O)C(F)(F)F)cc-2oc2cc(C(F)(F)F)ccc12. The van der Waals surface area contributed by atoms with Crippen molar-refractivity contribution in [1.29, 1.82) is 0 Å². The zero-order chi connectivity index (χ0) is 24.8.